The summed E-state index contributed by atoms with van der Waals surface area (Å²) < 4.78 is 27.8. The number of nitrogens with one attached hydrogen (secondary N) is 1. The lowest BCUT2D eigenvalue weighted by Crippen LogP contribution is -2.48. The largest absolute Gasteiger partial charge is 0.367 e. The number of nitrogens with zero attached hydrogens (tertiary/aromatic N) is 1. The minimum absolute atomic E-state index is 0.0513. The molecule has 1 saturated heterocycles. The van der Waals surface area contributed by atoms with Crippen molar-refractivity contribution < 1.29 is 8.78 Å². The Bertz CT molecular complexity index is 462. The van der Waals surface area contributed by atoms with Gasteiger partial charge in [0.2, 0.25) is 0 Å². The first-order valence-corrected chi connectivity index (χ1v) is 6.91. The molecule has 0 bridgehead atoms. The highest BCUT2D eigenvalue weighted by atomic mass is 19.1. The Morgan fingerprint density at radius 1 is 1.32 bits per heavy atom. The van der Waals surface area contributed by atoms with Crippen LogP contribution in [0.4, 0.5) is 14.5 Å². The summed E-state index contributed by atoms with van der Waals surface area (Å²) >= 11 is 0. The van der Waals surface area contributed by atoms with Crippen LogP contribution in [0, 0.1) is 18.6 Å². The fourth-order valence-electron chi connectivity index (χ4n) is 2.54. The van der Waals surface area contributed by atoms with Crippen molar-refractivity contribution in [3.63, 3.8) is 0 Å². The molecule has 0 aromatic heterocycles. The van der Waals surface area contributed by atoms with Gasteiger partial charge < -0.3 is 10.2 Å². The average Bonchev–Trinajstić information content (AvgIpc) is 2.57. The molecular weight excluding hydrogens is 246 g/mol. The van der Waals surface area contributed by atoms with E-state index in [1.165, 1.54) is 12.1 Å². The molecule has 1 fully saturated rings. The summed E-state index contributed by atoms with van der Waals surface area (Å²) in [6, 6.07) is 2.61. The molecule has 1 aromatic rings. The maximum atomic E-state index is 14.1. The predicted octanol–water partition coefficient (Wildman–Crippen LogP) is 3.24. The Balaban J connectivity index is 2.32. The zero-order chi connectivity index (χ0) is 14.0. The third-order valence-electron chi connectivity index (χ3n) is 4.05. The SMILES string of the molecule is CCC1(C)CN(c2cc(F)c(C)cc2F)CCCN1. The van der Waals surface area contributed by atoms with Crippen LogP contribution in [0.3, 0.4) is 0 Å². The molecule has 4 heteroatoms. The average molecular weight is 268 g/mol. The predicted molar refractivity (Wildman–Crippen MR) is 74.6 cm³/mol. The van der Waals surface area contributed by atoms with Crippen molar-refractivity contribution in [2.45, 2.75) is 39.2 Å². The van der Waals surface area contributed by atoms with Gasteiger partial charge in [0, 0.05) is 24.7 Å². The third-order valence-corrected chi connectivity index (χ3v) is 4.05. The van der Waals surface area contributed by atoms with E-state index in [0.717, 1.165) is 25.9 Å². The minimum Gasteiger partial charge on any atom is -0.367 e. The van der Waals surface area contributed by atoms with Crippen molar-refractivity contribution in [1.29, 1.82) is 0 Å². The second kappa shape index (κ2) is 5.45. The molecule has 1 unspecified atom stereocenters. The van der Waals surface area contributed by atoms with Crippen LogP contribution in [0.2, 0.25) is 0 Å². The summed E-state index contributed by atoms with van der Waals surface area (Å²) in [6.45, 7) is 8.19. The molecule has 1 aliphatic heterocycles. The summed E-state index contributed by atoms with van der Waals surface area (Å²) in [7, 11) is 0. The van der Waals surface area contributed by atoms with Gasteiger partial charge in [-0.05, 0) is 44.9 Å². The molecule has 0 spiro atoms. The summed E-state index contributed by atoms with van der Waals surface area (Å²) in [5.41, 5.74) is 0.684. The van der Waals surface area contributed by atoms with Crippen LogP contribution in [-0.4, -0.2) is 25.2 Å². The van der Waals surface area contributed by atoms with Crippen LogP contribution in [-0.2, 0) is 0 Å². The van der Waals surface area contributed by atoms with E-state index >= 15 is 0 Å². The van der Waals surface area contributed by atoms with Gasteiger partial charge in [0.05, 0.1) is 5.69 Å². The first-order valence-electron chi connectivity index (χ1n) is 6.91. The highest BCUT2D eigenvalue weighted by Gasteiger charge is 2.28. The monoisotopic (exact) mass is 268 g/mol. The standard InChI is InChI=1S/C15H22F2N2/c1-4-15(3)10-19(7-5-6-18-15)14-9-12(16)11(2)8-13(14)17/h8-9,18H,4-7,10H2,1-3H3. The lowest BCUT2D eigenvalue weighted by molar-refractivity contribution is 0.365. The quantitative estimate of drug-likeness (QED) is 0.886. The van der Waals surface area contributed by atoms with Crippen molar-refractivity contribution in [2.24, 2.45) is 0 Å². The second-order valence-electron chi connectivity index (χ2n) is 5.67. The van der Waals surface area contributed by atoms with Gasteiger partial charge in [-0.15, -0.1) is 0 Å². The van der Waals surface area contributed by atoms with Gasteiger partial charge in [-0.25, -0.2) is 8.78 Å². The van der Waals surface area contributed by atoms with E-state index in [9.17, 15) is 8.78 Å². The number of rotatable bonds is 2. The van der Waals surface area contributed by atoms with Crippen LogP contribution in [0.25, 0.3) is 0 Å². The molecule has 1 aromatic carbocycles. The Kier molecular flexibility index (Phi) is 4.09. The summed E-state index contributed by atoms with van der Waals surface area (Å²) in [5, 5.41) is 3.49. The van der Waals surface area contributed by atoms with E-state index in [1.807, 2.05) is 4.90 Å². The van der Waals surface area contributed by atoms with E-state index in [1.54, 1.807) is 6.92 Å². The van der Waals surface area contributed by atoms with Crippen molar-refractivity contribution in [3.05, 3.63) is 29.3 Å². The fourth-order valence-corrected chi connectivity index (χ4v) is 2.54. The minimum atomic E-state index is -0.341. The van der Waals surface area contributed by atoms with Crippen molar-refractivity contribution in [3.8, 4) is 0 Å². The Morgan fingerprint density at radius 2 is 2.05 bits per heavy atom. The first-order chi connectivity index (χ1) is 8.95. The van der Waals surface area contributed by atoms with Gasteiger partial charge in [0.25, 0.3) is 0 Å². The Morgan fingerprint density at radius 3 is 2.74 bits per heavy atom. The summed E-state index contributed by atoms with van der Waals surface area (Å²) in [4.78, 5) is 1.96. The number of hydrogen-bond acceptors (Lipinski definition) is 2. The first kappa shape index (κ1) is 14.3. The molecule has 2 rings (SSSR count). The molecule has 1 heterocycles. The lowest BCUT2D eigenvalue weighted by Gasteiger charge is -2.34. The number of benzene rings is 1. The zero-order valence-electron chi connectivity index (χ0n) is 11.9. The van der Waals surface area contributed by atoms with E-state index < -0.39 is 0 Å². The zero-order valence-corrected chi connectivity index (χ0v) is 11.9. The third kappa shape index (κ3) is 3.06. The number of aryl methyl sites for hydroxylation is 1. The molecule has 106 valence electrons. The molecule has 0 amide bonds. The van der Waals surface area contributed by atoms with Gasteiger partial charge in [-0.2, -0.15) is 0 Å². The molecule has 1 N–H and O–H groups in total. The molecule has 2 nitrogen and oxygen atoms in total. The molecule has 0 saturated carbocycles. The van der Waals surface area contributed by atoms with Crippen LogP contribution < -0.4 is 10.2 Å². The number of anilines is 1. The molecule has 0 radical (unpaired) electrons. The number of hydrogen-bond donors (Lipinski definition) is 1. The smallest absolute Gasteiger partial charge is 0.146 e. The van der Waals surface area contributed by atoms with Gasteiger partial charge >= 0.3 is 0 Å². The van der Waals surface area contributed by atoms with Crippen LogP contribution in [0.5, 0.6) is 0 Å². The number of halogens is 2. The molecule has 1 aliphatic rings. The maximum absolute atomic E-state index is 14.1. The van der Waals surface area contributed by atoms with Crippen molar-refractivity contribution in [2.75, 3.05) is 24.5 Å². The topological polar surface area (TPSA) is 15.3 Å². The molecule has 0 aliphatic carbocycles. The van der Waals surface area contributed by atoms with Gasteiger partial charge in [0.1, 0.15) is 11.6 Å². The maximum Gasteiger partial charge on any atom is 0.146 e. The van der Waals surface area contributed by atoms with Crippen LogP contribution in [0.1, 0.15) is 32.3 Å². The van der Waals surface area contributed by atoms with Gasteiger partial charge in [0.15, 0.2) is 0 Å². The summed E-state index contributed by atoms with van der Waals surface area (Å²) in [5.74, 6) is -0.675. The van der Waals surface area contributed by atoms with Crippen molar-refractivity contribution in [1.82, 2.24) is 5.32 Å². The van der Waals surface area contributed by atoms with E-state index in [0.29, 0.717) is 17.8 Å². The van der Waals surface area contributed by atoms with E-state index in [2.05, 4.69) is 19.2 Å². The Hall–Kier alpha value is -1.16. The van der Waals surface area contributed by atoms with E-state index in [4.69, 9.17) is 0 Å². The van der Waals surface area contributed by atoms with Crippen molar-refractivity contribution >= 4 is 5.69 Å². The highest BCUT2D eigenvalue weighted by molar-refractivity contribution is 5.50. The van der Waals surface area contributed by atoms with Gasteiger partial charge in [-0.3, -0.25) is 0 Å². The highest BCUT2D eigenvalue weighted by Crippen LogP contribution is 2.26. The molecule has 19 heavy (non-hydrogen) atoms. The van der Waals surface area contributed by atoms with Gasteiger partial charge in [-0.1, -0.05) is 6.92 Å². The second-order valence-corrected chi connectivity index (χ2v) is 5.67. The van der Waals surface area contributed by atoms with E-state index in [-0.39, 0.29) is 17.2 Å². The van der Waals surface area contributed by atoms with Crippen LogP contribution in [0.15, 0.2) is 12.1 Å². The Labute approximate surface area is 113 Å². The molecule has 1 atom stereocenters. The molecular formula is C15H22F2N2. The normalized spacial score (nSPS) is 24.4. The van der Waals surface area contributed by atoms with Crippen LogP contribution >= 0.6 is 0 Å². The summed E-state index contributed by atoms with van der Waals surface area (Å²) in [6.07, 6.45) is 1.89. The fraction of sp³-hybridized carbons (Fsp3) is 0.600. The lowest BCUT2D eigenvalue weighted by atomic mass is 9.98.